The molecule has 0 amide bonds. The second-order valence-electron chi connectivity index (χ2n) is 2.66. The first-order valence-electron chi connectivity index (χ1n) is 4.20. The number of hydrogen-bond donors (Lipinski definition) is 1. The number of nitrogens with zero attached hydrogens (tertiary/aromatic N) is 2. The maximum absolute atomic E-state index is 5.70. The Balaban J connectivity index is 2.06. The smallest absolute Gasteiger partial charge is 0.0785 e. The molecule has 4 nitrogen and oxygen atoms in total. The third-order valence-corrected chi connectivity index (χ3v) is 1.80. The average molecular weight is 204 g/mol. The summed E-state index contributed by atoms with van der Waals surface area (Å²) in [7, 11) is 1.69. The summed E-state index contributed by atoms with van der Waals surface area (Å²) in [5.41, 5.74) is 0. The zero-order valence-corrected chi connectivity index (χ0v) is 8.42. The maximum Gasteiger partial charge on any atom is 0.0785 e. The molecule has 1 heterocycles. The Morgan fingerprint density at radius 3 is 3.08 bits per heavy atom. The second-order valence-corrected chi connectivity index (χ2v) is 3.10. The predicted molar refractivity (Wildman–Crippen MR) is 52.0 cm³/mol. The molecule has 1 aromatic rings. The Hall–Kier alpha value is -0.580. The minimum absolute atomic E-state index is 0.678. The lowest BCUT2D eigenvalue weighted by Gasteiger charge is -2.03. The van der Waals surface area contributed by atoms with Gasteiger partial charge in [0.2, 0.25) is 0 Å². The SMILES string of the molecule is COCCNCCn1cc(Cl)cn1. The monoisotopic (exact) mass is 203 g/mol. The summed E-state index contributed by atoms with van der Waals surface area (Å²) in [5, 5.41) is 7.94. The van der Waals surface area contributed by atoms with E-state index in [2.05, 4.69) is 10.4 Å². The minimum Gasteiger partial charge on any atom is -0.383 e. The molecule has 1 N–H and O–H groups in total. The van der Waals surface area contributed by atoms with Crippen molar-refractivity contribution in [2.75, 3.05) is 26.8 Å². The number of rotatable bonds is 6. The average Bonchev–Trinajstić information content (AvgIpc) is 2.51. The molecule has 0 aliphatic carbocycles. The first-order valence-corrected chi connectivity index (χ1v) is 4.58. The van der Waals surface area contributed by atoms with Crippen LogP contribution in [0.5, 0.6) is 0 Å². The second kappa shape index (κ2) is 5.96. The van der Waals surface area contributed by atoms with E-state index in [1.165, 1.54) is 0 Å². The molecule has 0 aromatic carbocycles. The van der Waals surface area contributed by atoms with Crippen molar-refractivity contribution in [2.24, 2.45) is 0 Å². The molecule has 5 heteroatoms. The quantitative estimate of drug-likeness (QED) is 0.695. The molecule has 0 bridgehead atoms. The molecule has 0 aliphatic rings. The minimum atomic E-state index is 0.678. The van der Waals surface area contributed by atoms with Gasteiger partial charge in [-0.15, -0.1) is 0 Å². The molecule has 1 aromatic heterocycles. The zero-order chi connectivity index (χ0) is 9.52. The van der Waals surface area contributed by atoms with Crippen LogP contribution in [0.4, 0.5) is 0 Å². The van der Waals surface area contributed by atoms with E-state index in [9.17, 15) is 0 Å². The summed E-state index contributed by atoms with van der Waals surface area (Å²) in [6.45, 7) is 3.31. The highest BCUT2D eigenvalue weighted by molar-refractivity contribution is 6.30. The van der Waals surface area contributed by atoms with Gasteiger partial charge >= 0.3 is 0 Å². The molecule has 0 aliphatic heterocycles. The van der Waals surface area contributed by atoms with Crippen LogP contribution in [-0.4, -0.2) is 36.6 Å². The van der Waals surface area contributed by atoms with Crippen LogP contribution >= 0.6 is 11.6 Å². The summed E-state index contributed by atoms with van der Waals surface area (Å²) in [4.78, 5) is 0. The van der Waals surface area contributed by atoms with Crippen molar-refractivity contribution in [1.82, 2.24) is 15.1 Å². The van der Waals surface area contributed by atoms with E-state index in [0.29, 0.717) is 5.02 Å². The molecule has 0 saturated carbocycles. The van der Waals surface area contributed by atoms with Crippen LogP contribution < -0.4 is 5.32 Å². The topological polar surface area (TPSA) is 39.1 Å². The number of hydrogen-bond acceptors (Lipinski definition) is 3. The number of halogens is 1. The van der Waals surface area contributed by atoms with Gasteiger partial charge in [-0.1, -0.05) is 11.6 Å². The first kappa shape index (κ1) is 10.5. The Labute approximate surface area is 82.8 Å². The van der Waals surface area contributed by atoms with Crippen LogP contribution in [-0.2, 0) is 11.3 Å². The predicted octanol–water partition coefficient (Wildman–Crippen LogP) is 0.772. The van der Waals surface area contributed by atoms with E-state index in [0.717, 1.165) is 26.2 Å². The van der Waals surface area contributed by atoms with E-state index in [4.69, 9.17) is 16.3 Å². The van der Waals surface area contributed by atoms with Crippen LogP contribution in [0.25, 0.3) is 0 Å². The fourth-order valence-electron chi connectivity index (χ4n) is 0.953. The van der Waals surface area contributed by atoms with E-state index in [-0.39, 0.29) is 0 Å². The van der Waals surface area contributed by atoms with Crippen molar-refractivity contribution >= 4 is 11.6 Å². The van der Waals surface area contributed by atoms with Crippen molar-refractivity contribution in [3.05, 3.63) is 17.4 Å². The van der Waals surface area contributed by atoms with Crippen LogP contribution in [0.15, 0.2) is 12.4 Å². The number of ether oxygens (including phenoxy) is 1. The molecule has 74 valence electrons. The van der Waals surface area contributed by atoms with Gasteiger partial charge < -0.3 is 10.1 Å². The summed E-state index contributed by atoms with van der Waals surface area (Å²) in [6.07, 6.45) is 3.44. The highest BCUT2D eigenvalue weighted by Crippen LogP contribution is 2.03. The van der Waals surface area contributed by atoms with Crippen molar-refractivity contribution in [3.63, 3.8) is 0 Å². The van der Waals surface area contributed by atoms with Crippen LogP contribution in [0.3, 0.4) is 0 Å². The van der Waals surface area contributed by atoms with E-state index >= 15 is 0 Å². The van der Waals surface area contributed by atoms with Crippen molar-refractivity contribution in [1.29, 1.82) is 0 Å². The third-order valence-electron chi connectivity index (χ3n) is 1.60. The van der Waals surface area contributed by atoms with Gasteiger partial charge in [0, 0.05) is 26.4 Å². The fraction of sp³-hybridized carbons (Fsp3) is 0.625. The largest absolute Gasteiger partial charge is 0.383 e. The number of methoxy groups -OCH3 is 1. The molecular weight excluding hydrogens is 190 g/mol. The summed E-state index contributed by atoms with van der Waals surface area (Å²) >= 11 is 5.70. The summed E-state index contributed by atoms with van der Waals surface area (Å²) in [5.74, 6) is 0. The maximum atomic E-state index is 5.70. The van der Waals surface area contributed by atoms with Gasteiger partial charge in [0.15, 0.2) is 0 Å². The first-order chi connectivity index (χ1) is 6.33. The molecule has 13 heavy (non-hydrogen) atoms. The Morgan fingerprint density at radius 1 is 1.62 bits per heavy atom. The molecule has 1 rings (SSSR count). The van der Waals surface area contributed by atoms with E-state index in [1.54, 1.807) is 19.5 Å². The summed E-state index contributed by atoms with van der Waals surface area (Å²) < 4.78 is 6.70. The van der Waals surface area contributed by atoms with Crippen LogP contribution in [0.1, 0.15) is 0 Å². The standard InChI is InChI=1S/C8H14ClN3O/c1-13-5-3-10-2-4-12-7-8(9)6-11-12/h6-7,10H,2-5H2,1H3. The van der Waals surface area contributed by atoms with E-state index in [1.807, 2.05) is 4.68 Å². The molecular formula is C8H14ClN3O. The number of nitrogens with one attached hydrogen (secondary N) is 1. The number of aromatic nitrogens is 2. The van der Waals surface area contributed by atoms with Gasteiger partial charge in [-0.3, -0.25) is 4.68 Å². The molecule has 0 radical (unpaired) electrons. The van der Waals surface area contributed by atoms with Gasteiger partial charge in [0.05, 0.1) is 24.4 Å². The van der Waals surface area contributed by atoms with Gasteiger partial charge in [0.1, 0.15) is 0 Å². The Bertz CT molecular complexity index is 239. The molecule has 0 atom stereocenters. The molecule has 0 fully saturated rings. The third kappa shape index (κ3) is 4.26. The van der Waals surface area contributed by atoms with Gasteiger partial charge in [-0.2, -0.15) is 5.10 Å². The van der Waals surface area contributed by atoms with E-state index < -0.39 is 0 Å². The lowest BCUT2D eigenvalue weighted by molar-refractivity contribution is 0.199. The normalized spacial score (nSPS) is 10.6. The molecule has 0 spiro atoms. The summed E-state index contributed by atoms with van der Waals surface area (Å²) in [6, 6.07) is 0. The molecule has 0 unspecified atom stereocenters. The van der Waals surface area contributed by atoms with Gasteiger partial charge in [-0.25, -0.2) is 0 Å². The van der Waals surface area contributed by atoms with Gasteiger partial charge in [0.25, 0.3) is 0 Å². The van der Waals surface area contributed by atoms with Gasteiger partial charge in [-0.05, 0) is 0 Å². The Kier molecular flexibility index (Phi) is 4.82. The van der Waals surface area contributed by atoms with Crippen molar-refractivity contribution in [3.8, 4) is 0 Å². The van der Waals surface area contributed by atoms with Crippen LogP contribution in [0, 0.1) is 0 Å². The highest BCUT2D eigenvalue weighted by atomic mass is 35.5. The lowest BCUT2D eigenvalue weighted by Crippen LogP contribution is -2.23. The fourth-order valence-corrected chi connectivity index (χ4v) is 1.11. The van der Waals surface area contributed by atoms with Crippen molar-refractivity contribution in [2.45, 2.75) is 6.54 Å². The van der Waals surface area contributed by atoms with Crippen LogP contribution in [0.2, 0.25) is 5.02 Å². The Morgan fingerprint density at radius 2 is 2.46 bits per heavy atom. The zero-order valence-electron chi connectivity index (χ0n) is 7.66. The lowest BCUT2D eigenvalue weighted by atomic mass is 10.6. The highest BCUT2D eigenvalue weighted by Gasteiger charge is 1.93. The van der Waals surface area contributed by atoms with Crippen molar-refractivity contribution < 1.29 is 4.74 Å². The molecule has 0 saturated heterocycles.